The van der Waals surface area contributed by atoms with Crippen LogP contribution in [0.15, 0.2) is 77.7 Å². The molecule has 0 bridgehead atoms. The van der Waals surface area contributed by atoms with Crippen molar-refractivity contribution in [2.45, 2.75) is 13.5 Å². The molecule has 6 heteroatoms. The van der Waals surface area contributed by atoms with E-state index in [1.807, 2.05) is 49.4 Å². The fraction of sp³-hybridized carbons (Fsp3) is 0.0909. The number of carbonyl (C=O) groups is 1. The molecule has 0 spiro atoms. The fourth-order valence-electron chi connectivity index (χ4n) is 3.08. The van der Waals surface area contributed by atoms with Gasteiger partial charge in [-0.1, -0.05) is 36.4 Å². The average Bonchev–Trinajstić information content (AvgIpc) is 2.70. The first kappa shape index (κ1) is 17.6. The molecule has 0 saturated carbocycles. The Labute approximate surface area is 161 Å². The summed E-state index contributed by atoms with van der Waals surface area (Å²) in [5.41, 5.74) is 1.94. The van der Waals surface area contributed by atoms with E-state index in [0.717, 1.165) is 16.6 Å². The summed E-state index contributed by atoms with van der Waals surface area (Å²) in [7, 11) is 0. The van der Waals surface area contributed by atoms with Crippen LogP contribution in [0.4, 0.5) is 5.82 Å². The van der Waals surface area contributed by atoms with Crippen LogP contribution in [0.5, 0.6) is 0 Å². The maximum atomic E-state index is 13.1. The molecular formula is C22H18N4O2. The summed E-state index contributed by atoms with van der Waals surface area (Å²) < 4.78 is 1.53. The lowest BCUT2D eigenvalue weighted by Crippen LogP contribution is -2.30. The molecule has 0 aliphatic carbocycles. The van der Waals surface area contributed by atoms with Gasteiger partial charge in [-0.2, -0.15) is 0 Å². The second-order valence-corrected chi connectivity index (χ2v) is 6.47. The van der Waals surface area contributed by atoms with Crippen LogP contribution in [0, 0.1) is 6.92 Å². The first-order valence-electron chi connectivity index (χ1n) is 8.89. The van der Waals surface area contributed by atoms with Crippen LogP contribution in [-0.2, 0) is 6.54 Å². The highest BCUT2D eigenvalue weighted by molar-refractivity contribution is 6.05. The zero-order chi connectivity index (χ0) is 19.5. The van der Waals surface area contributed by atoms with E-state index >= 15 is 0 Å². The van der Waals surface area contributed by atoms with Gasteiger partial charge in [0.05, 0.1) is 6.54 Å². The van der Waals surface area contributed by atoms with Crippen molar-refractivity contribution in [1.82, 2.24) is 14.5 Å². The molecule has 0 unspecified atom stereocenters. The van der Waals surface area contributed by atoms with Gasteiger partial charge in [0.1, 0.15) is 17.0 Å². The number of aryl methyl sites for hydroxylation is 1. The molecule has 0 atom stereocenters. The van der Waals surface area contributed by atoms with Gasteiger partial charge in [0.25, 0.3) is 11.5 Å². The summed E-state index contributed by atoms with van der Waals surface area (Å²) in [5.74, 6) is -0.0824. The van der Waals surface area contributed by atoms with Crippen LogP contribution in [0.25, 0.3) is 11.0 Å². The zero-order valence-electron chi connectivity index (χ0n) is 15.3. The van der Waals surface area contributed by atoms with Crippen molar-refractivity contribution < 1.29 is 4.79 Å². The number of fused-ring (bicyclic) bond motifs is 1. The Morgan fingerprint density at radius 3 is 2.64 bits per heavy atom. The maximum absolute atomic E-state index is 13.1. The number of amides is 1. The minimum atomic E-state index is -0.490. The molecule has 3 heterocycles. The van der Waals surface area contributed by atoms with E-state index < -0.39 is 5.91 Å². The van der Waals surface area contributed by atoms with Gasteiger partial charge < -0.3 is 5.32 Å². The van der Waals surface area contributed by atoms with E-state index in [1.165, 1.54) is 4.57 Å². The molecule has 4 rings (SSSR count). The zero-order valence-corrected chi connectivity index (χ0v) is 15.3. The summed E-state index contributed by atoms with van der Waals surface area (Å²) in [6.45, 7) is 2.17. The lowest BCUT2D eigenvalue weighted by molar-refractivity contribution is 0.102. The Balaban J connectivity index is 1.79. The SMILES string of the molecule is Cc1cccc(NC(=O)c2cc3cccnc3n(Cc3ccccc3)c2=O)n1. The second kappa shape index (κ2) is 7.44. The lowest BCUT2D eigenvalue weighted by Gasteiger charge is -2.12. The molecule has 1 N–H and O–H groups in total. The van der Waals surface area contributed by atoms with E-state index in [4.69, 9.17) is 0 Å². The van der Waals surface area contributed by atoms with Crippen molar-refractivity contribution in [2.24, 2.45) is 0 Å². The molecule has 6 nitrogen and oxygen atoms in total. The third-order valence-electron chi connectivity index (χ3n) is 4.41. The summed E-state index contributed by atoms with van der Waals surface area (Å²) >= 11 is 0. The van der Waals surface area contributed by atoms with E-state index in [0.29, 0.717) is 18.0 Å². The molecule has 1 amide bonds. The van der Waals surface area contributed by atoms with Gasteiger partial charge in [-0.25, -0.2) is 9.97 Å². The minimum absolute atomic E-state index is 0.0553. The van der Waals surface area contributed by atoms with Crippen LogP contribution >= 0.6 is 0 Å². The van der Waals surface area contributed by atoms with E-state index in [9.17, 15) is 9.59 Å². The predicted octanol–water partition coefficient (Wildman–Crippen LogP) is 3.40. The van der Waals surface area contributed by atoms with Crippen molar-refractivity contribution in [2.75, 3.05) is 5.32 Å². The first-order chi connectivity index (χ1) is 13.6. The van der Waals surface area contributed by atoms with E-state index in [-0.39, 0.29) is 11.1 Å². The highest BCUT2D eigenvalue weighted by atomic mass is 16.2. The molecule has 0 radical (unpaired) electrons. The highest BCUT2D eigenvalue weighted by Crippen LogP contribution is 2.14. The number of carbonyl (C=O) groups excluding carboxylic acids is 1. The number of hydrogen-bond acceptors (Lipinski definition) is 4. The van der Waals surface area contributed by atoms with Gasteiger partial charge >= 0.3 is 0 Å². The van der Waals surface area contributed by atoms with Crippen molar-refractivity contribution in [1.29, 1.82) is 0 Å². The van der Waals surface area contributed by atoms with Gasteiger partial charge in [-0.15, -0.1) is 0 Å². The molecule has 0 fully saturated rings. The van der Waals surface area contributed by atoms with Gasteiger partial charge in [0.15, 0.2) is 0 Å². The Kier molecular flexibility index (Phi) is 4.68. The number of pyridine rings is 3. The van der Waals surface area contributed by atoms with Crippen LogP contribution in [0.2, 0.25) is 0 Å². The average molecular weight is 370 g/mol. The molecule has 28 heavy (non-hydrogen) atoms. The molecular weight excluding hydrogens is 352 g/mol. The monoisotopic (exact) mass is 370 g/mol. The van der Waals surface area contributed by atoms with Crippen LogP contribution < -0.4 is 10.9 Å². The van der Waals surface area contributed by atoms with Crippen molar-refractivity contribution in [3.63, 3.8) is 0 Å². The standard InChI is InChI=1S/C22H18N4O2/c1-15-7-5-11-19(24-15)25-21(27)18-13-17-10-6-12-23-20(17)26(22(18)28)14-16-8-3-2-4-9-16/h2-13H,14H2,1H3,(H,24,25,27). The quantitative estimate of drug-likeness (QED) is 0.597. The third-order valence-corrected chi connectivity index (χ3v) is 4.41. The number of nitrogens with one attached hydrogen (secondary N) is 1. The van der Waals surface area contributed by atoms with E-state index in [2.05, 4.69) is 15.3 Å². The Morgan fingerprint density at radius 2 is 1.86 bits per heavy atom. The summed E-state index contributed by atoms with van der Waals surface area (Å²) in [4.78, 5) is 34.6. The number of hydrogen-bond donors (Lipinski definition) is 1. The van der Waals surface area contributed by atoms with Gasteiger partial charge in [-0.3, -0.25) is 14.2 Å². The van der Waals surface area contributed by atoms with Gasteiger partial charge in [0, 0.05) is 17.3 Å². The molecule has 1 aromatic carbocycles. The number of anilines is 1. The molecule has 138 valence electrons. The fourth-order valence-corrected chi connectivity index (χ4v) is 3.08. The molecule has 0 aliphatic heterocycles. The summed E-state index contributed by atoms with van der Waals surface area (Å²) in [5, 5.41) is 3.43. The molecule has 0 aliphatic rings. The predicted molar refractivity (Wildman–Crippen MR) is 108 cm³/mol. The Bertz CT molecular complexity index is 1220. The number of aromatic nitrogens is 3. The number of benzene rings is 1. The maximum Gasteiger partial charge on any atom is 0.265 e. The minimum Gasteiger partial charge on any atom is -0.306 e. The van der Waals surface area contributed by atoms with Crippen molar-refractivity contribution in [3.8, 4) is 0 Å². The van der Waals surface area contributed by atoms with E-state index in [1.54, 1.807) is 30.5 Å². The molecule has 0 saturated heterocycles. The number of nitrogens with zero attached hydrogens (tertiary/aromatic N) is 3. The highest BCUT2D eigenvalue weighted by Gasteiger charge is 2.17. The Hall–Kier alpha value is -3.80. The van der Waals surface area contributed by atoms with Crippen molar-refractivity contribution >= 4 is 22.8 Å². The van der Waals surface area contributed by atoms with Crippen molar-refractivity contribution in [3.05, 3.63) is 100 Å². The number of rotatable bonds is 4. The summed E-state index contributed by atoms with van der Waals surface area (Å²) in [6, 6.07) is 20.1. The van der Waals surface area contributed by atoms with Crippen LogP contribution in [0.3, 0.4) is 0 Å². The second-order valence-electron chi connectivity index (χ2n) is 6.47. The smallest absolute Gasteiger partial charge is 0.265 e. The Morgan fingerprint density at radius 1 is 1.04 bits per heavy atom. The van der Waals surface area contributed by atoms with Gasteiger partial charge in [0.2, 0.25) is 0 Å². The largest absolute Gasteiger partial charge is 0.306 e. The normalized spacial score (nSPS) is 10.8. The van der Waals surface area contributed by atoms with Gasteiger partial charge in [-0.05, 0) is 42.8 Å². The van der Waals surface area contributed by atoms with Crippen LogP contribution in [0.1, 0.15) is 21.6 Å². The first-order valence-corrected chi connectivity index (χ1v) is 8.89. The molecule has 4 aromatic rings. The summed E-state index contributed by atoms with van der Waals surface area (Å²) in [6.07, 6.45) is 1.64. The molecule has 3 aromatic heterocycles. The lowest BCUT2D eigenvalue weighted by atomic mass is 10.1. The third kappa shape index (κ3) is 3.53. The topological polar surface area (TPSA) is 76.9 Å². The van der Waals surface area contributed by atoms with Crippen LogP contribution in [-0.4, -0.2) is 20.4 Å².